The average molecular weight is 362 g/mol. The van der Waals surface area contributed by atoms with Crippen LogP contribution in [0.15, 0.2) is 47.6 Å². The Morgan fingerprint density at radius 1 is 1.04 bits per heavy atom. The van der Waals surface area contributed by atoms with E-state index in [-0.39, 0.29) is 0 Å². The Bertz CT molecular complexity index is 705. The van der Waals surface area contributed by atoms with E-state index in [1.807, 2.05) is 6.07 Å². The Hall–Kier alpha value is -1.71. The van der Waals surface area contributed by atoms with E-state index in [2.05, 4.69) is 46.6 Å². The molecule has 5 heteroatoms. The Balaban J connectivity index is 1.58. The highest BCUT2D eigenvalue weighted by Gasteiger charge is 2.15. The fourth-order valence-corrected chi connectivity index (χ4v) is 3.08. The molecule has 0 unspecified atom stereocenters. The largest absolute Gasteiger partial charge is 0.372 e. The Kier molecular flexibility index (Phi) is 5.64. The molecule has 1 fully saturated rings. The van der Waals surface area contributed by atoms with Crippen molar-refractivity contribution in [3.63, 3.8) is 0 Å². The van der Waals surface area contributed by atoms with Gasteiger partial charge in [0.1, 0.15) is 0 Å². The Morgan fingerprint density at radius 3 is 2.42 bits per heavy atom. The minimum Gasteiger partial charge on any atom is -0.372 e. The summed E-state index contributed by atoms with van der Waals surface area (Å²) in [6.07, 6.45) is 4.35. The number of nitrogens with zero attached hydrogens (tertiary/aromatic N) is 2. The van der Waals surface area contributed by atoms with Gasteiger partial charge in [0.25, 0.3) is 0 Å². The van der Waals surface area contributed by atoms with Crippen LogP contribution in [0.4, 0.5) is 11.4 Å². The van der Waals surface area contributed by atoms with Crippen molar-refractivity contribution in [2.24, 2.45) is 11.0 Å². The third-order valence-electron chi connectivity index (χ3n) is 4.37. The monoisotopic (exact) mass is 361 g/mol. The maximum atomic E-state index is 5.98. The van der Waals surface area contributed by atoms with Crippen molar-refractivity contribution in [1.82, 2.24) is 0 Å². The normalized spacial score (nSPS) is 15.9. The summed E-state index contributed by atoms with van der Waals surface area (Å²) in [6.45, 7) is 4.62. The van der Waals surface area contributed by atoms with Crippen molar-refractivity contribution in [3.8, 4) is 0 Å². The van der Waals surface area contributed by atoms with Crippen molar-refractivity contribution < 1.29 is 0 Å². The van der Waals surface area contributed by atoms with E-state index in [1.54, 1.807) is 18.3 Å². The molecular weight excluding hydrogens is 341 g/mol. The van der Waals surface area contributed by atoms with Crippen LogP contribution in [0.1, 0.15) is 25.3 Å². The standard InChI is InChI=1S/C19H21Cl2N3/c1-14-8-10-24(11-9-14)17-5-2-15(3-6-17)13-22-23-16-4-7-18(20)19(21)12-16/h2-7,12-14,23H,8-11H2,1H3. The van der Waals surface area contributed by atoms with Crippen LogP contribution < -0.4 is 10.3 Å². The molecule has 126 valence electrons. The number of hydrogen-bond donors (Lipinski definition) is 1. The summed E-state index contributed by atoms with van der Waals surface area (Å²) >= 11 is 11.9. The van der Waals surface area contributed by atoms with Crippen LogP contribution in [0.25, 0.3) is 0 Å². The number of piperidine rings is 1. The van der Waals surface area contributed by atoms with Crippen LogP contribution in [-0.4, -0.2) is 19.3 Å². The predicted molar refractivity (Wildman–Crippen MR) is 105 cm³/mol. The zero-order valence-electron chi connectivity index (χ0n) is 13.7. The number of nitrogens with one attached hydrogen (secondary N) is 1. The van der Waals surface area contributed by atoms with E-state index in [4.69, 9.17) is 23.2 Å². The molecule has 0 saturated carbocycles. The maximum Gasteiger partial charge on any atom is 0.0613 e. The SMILES string of the molecule is CC1CCN(c2ccc(C=NNc3ccc(Cl)c(Cl)c3)cc2)CC1. The Morgan fingerprint density at radius 2 is 1.75 bits per heavy atom. The van der Waals surface area contributed by atoms with Crippen LogP contribution in [0, 0.1) is 5.92 Å². The summed E-state index contributed by atoms with van der Waals surface area (Å²) in [6, 6.07) is 13.8. The summed E-state index contributed by atoms with van der Waals surface area (Å²) in [5.41, 5.74) is 6.11. The second kappa shape index (κ2) is 7.91. The first kappa shape index (κ1) is 17.1. The third kappa shape index (κ3) is 4.43. The van der Waals surface area contributed by atoms with E-state index in [9.17, 15) is 0 Å². The summed E-state index contributed by atoms with van der Waals surface area (Å²) < 4.78 is 0. The van der Waals surface area contributed by atoms with Crippen LogP contribution >= 0.6 is 23.2 Å². The summed E-state index contributed by atoms with van der Waals surface area (Å²) in [5.74, 6) is 0.847. The van der Waals surface area contributed by atoms with Gasteiger partial charge in [-0.2, -0.15) is 5.10 Å². The van der Waals surface area contributed by atoms with Crippen molar-refractivity contribution in [3.05, 3.63) is 58.1 Å². The molecule has 0 atom stereocenters. The van der Waals surface area contributed by atoms with Gasteiger partial charge in [-0.15, -0.1) is 0 Å². The molecular formula is C19H21Cl2N3. The minimum absolute atomic E-state index is 0.511. The van der Waals surface area contributed by atoms with E-state index in [0.29, 0.717) is 10.0 Å². The molecule has 0 spiro atoms. The maximum absolute atomic E-state index is 5.98. The zero-order valence-corrected chi connectivity index (χ0v) is 15.2. The first-order valence-corrected chi connectivity index (χ1v) is 8.96. The molecule has 0 aromatic heterocycles. The molecule has 24 heavy (non-hydrogen) atoms. The molecule has 0 radical (unpaired) electrons. The van der Waals surface area contributed by atoms with E-state index < -0.39 is 0 Å². The lowest BCUT2D eigenvalue weighted by Crippen LogP contribution is -2.32. The highest BCUT2D eigenvalue weighted by molar-refractivity contribution is 6.42. The lowest BCUT2D eigenvalue weighted by Gasteiger charge is -2.32. The zero-order chi connectivity index (χ0) is 16.9. The highest BCUT2D eigenvalue weighted by Crippen LogP contribution is 2.25. The molecule has 0 amide bonds. The lowest BCUT2D eigenvalue weighted by atomic mass is 9.99. The van der Waals surface area contributed by atoms with Crippen molar-refractivity contribution >= 4 is 40.8 Å². The molecule has 3 rings (SSSR count). The number of hydrazone groups is 1. The Labute approximate surface area is 153 Å². The fourth-order valence-electron chi connectivity index (χ4n) is 2.79. The topological polar surface area (TPSA) is 27.6 Å². The van der Waals surface area contributed by atoms with Crippen LogP contribution in [0.5, 0.6) is 0 Å². The van der Waals surface area contributed by atoms with Gasteiger partial charge >= 0.3 is 0 Å². The molecule has 1 aliphatic rings. The summed E-state index contributed by atoms with van der Waals surface area (Å²) in [7, 11) is 0. The second-order valence-corrected chi connectivity index (χ2v) is 7.07. The van der Waals surface area contributed by atoms with Crippen molar-refractivity contribution in [2.75, 3.05) is 23.4 Å². The van der Waals surface area contributed by atoms with E-state index in [0.717, 1.165) is 30.3 Å². The molecule has 1 aliphatic heterocycles. The summed E-state index contributed by atoms with van der Waals surface area (Å²) in [5, 5.41) is 5.29. The van der Waals surface area contributed by atoms with Gasteiger partial charge in [0, 0.05) is 18.8 Å². The number of hydrogen-bond acceptors (Lipinski definition) is 3. The smallest absolute Gasteiger partial charge is 0.0613 e. The number of rotatable bonds is 4. The van der Waals surface area contributed by atoms with E-state index in [1.165, 1.54) is 18.5 Å². The number of halogens is 2. The van der Waals surface area contributed by atoms with Gasteiger partial charge in [-0.3, -0.25) is 5.43 Å². The van der Waals surface area contributed by atoms with Crippen molar-refractivity contribution in [2.45, 2.75) is 19.8 Å². The van der Waals surface area contributed by atoms with Gasteiger partial charge < -0.3 is 4.90 Å². The number of anilines is 2. The molecule has 3 nitrogen and oxygen atoms in total. The fraction of sp³-hybridized carbons (Fsp3) is 0.316. The molecule has 2 aromatic rings. The molecule has 2 aromatic carbocycles. The molecule has 1 saturated heterocycles. The minimum atomic E-state index is 0.511. The van der Waals surface area contributed by atoms with Crippen LogP contribution in [-0.2, 0) is 0 Å². The van der Waals surface area contributed by atoms with Gasteiger partial charge in [-0.05, 0) is 54.7 Å². The van der Waals surface area contributed by atoms with Gasteiger partial charge in [-0.1, -0.05) is 42.3 Å². The first-order valence-electron chi connectivity index (χ1n) is 8.21. The van der Waals surface area contributed by atoms with E-state index >= 15 is 0 Å². The molecule has 1 N–H and O–H groups in total. The predicted octanol–water partition coefficient (Wildman–Crippen LogP) is 5.68. The third-order valence-corrected chi connectivity index (χ3v) is 5.11. The van der Waals surface area contributed by atoms with Gasteiger partial charge in [0.2, 0.25) is 0 Å². The summed E-state index contributed by atoms with van der Waals surface area (Å²) in [4.78, 5) is 2.45. The van der Waals surface area contributed by atoms with Crippen LogP contribution in [0.3, 0.4) is 0 Å². The second-order valence-electron chi connectivity index (χ2n) is 6.26. The van der Waals surface area contributed by atoms with Gasteiger partial charge in [-0.25, -0.2) is 0 Å². The number of benzene rings is 2. The molecule has 0 bridgehead atoms. The molecule has 1 heterocycles. The quantitative estimate of drug-likeness (QED) is 0.560. The first-order chi connectivity index (χ1) is 11.6. The molecule has 0 aliphatic carbocycles. The highest BCUT2D eigenvalue weighted by atomic mass is 35.5. The average Bonchev–Trinajstić information content (AvgIpc) is 2.59. The van der Waals surface area contributed by atoms with Gasteiger partial charge in [0.15, 0.2) is 0 Å². The van der Waals surface area contributed by atoms with Gasteiger partial charge in [0.05, 0.1) is 21.9 Å². The van der Waals surface area contributed by atoms with Crippen molar-refractivity contribution in [1.29, 1.82) is 0 Å². The lowest BCUT2D eigenvalue weighted by molar-refractivity contribution is 0.438. The van der Waals surface area contributed by atoms with Crippen LogP contribution in [0.2, 0.25) is 10.0 Å².